The molecule has 4 nitrogen and oxygen atoms in total. The highest BCUT2D eigenvalue weighted by atomic mass is 16.2. The van der Waals surface area contributed by atoms with Crippen LogP contribution < -0.4 is 5.32 Å². The van der Waals surface area contributed by atoms with Crippen LogP contribution in [0.4, 0.5) is 0 Å². The Kier molecular flexibility index (Phi) is 3.97. The predicted octanol–water partition coefficient (Wildman–Crippen LogP) is 1.14. The summed E-state index contributed by atoms with van der Waals surface area (Å²) in [6.07, 6.45) is 5.30. The van der Waals surface area contributed by atoms with Crippen LogP contribution in [0.2, 0.25) is 0 Å². The second kappa shape index (κ2) is 5.48. The molecule has 0 spiro atoms. The average molecular weight is 247 g/mol. The summed E-state index contributed by atoms with van der Waals surface area (Å²) in [4.78, 5) is 18.2. The average Bonchev–Trinajstić information content (AvgIpc) is 2.82. The summed E-state index contributed by atoms with van der Waals surface area (Å²) in [5.41, 5.74) is 3.67. The number of hydrogen-bond acceptors (Lipinski definition) is 3. The van der Waals surface area contributed by atoms with Crippen molar-refractivity contribution in [3.8, 4) is 0 Å². The Balaban J connectivity index is 1.93. The Morgan fingerprint density at radius 2 is 2.28 bits per heavy atom. The van der Waals surface area contributed by atoms with Gasteiger partial charge in [-0.1, -0.05) is 6.07 Å². The zero-order valence-corrected chi connectivity index (χ0v) is 11.4. The Morgan fingerprint density at radius 3 is 3.00 bits per heavy atom. The van der Waals surface area contributed by atoms with Crippen molar-refractivity contribution in [2.75, 3.05) is 14.1 Å². The number of aromatic nitrogens is 1. The number of amides is 1. The number of pyridine rings is 1. The standard InChI is InChI=1S/C14H21N3O/c1-10(17(2)3)14(18)16-9-11-7-12-5-4-6-13(12)15-8-11/h7-8,10H,4-6,9H2,1-3H3,(H,16,18)/t10-/m1/s1. The van der Waals surface area contributed by atoms with E-state index >= 15 is 0 Å². The lowest BCUT2D eigenvalue weighted by Crippen LogP contribution is -2.41. The van der Waals surface area contributed by atoms with E-state index in [9.17, 15) is 4.79 Å². The maximum atomic E-state index is 11.8. The van der Waals surface area contributed by atoms with Gasteiger partial charge in [0.15, 0.2) is 0 Å². The molecule has 1 amide bonds. The normalized spacial score (nSPS) is 15.6. The summed E-state index contributed by atoms with van der Waals surface area (Å²) < 4.78 is 0. The largest absolute Gasteiger partial charge is 0.351 e. The van der Waals surface area contributed by atoms with Gasteiger partial charge in [-0.15, -0.1) is 0 Å². The van der Waals surface area contributed by atoms with Crippen molar-refractivity contribution in [2.24, 2.45) is 0 Å². The zero-order chi connectivity index (χ0) is 13.1. The highest BCUT2D eigenvalue weighted by Crippen LogP contribution is 2.20. The molecule has 0 saturated carbocycles. The van der Waals surface area contributed by atoms with Crippen LogP contribution in [0.25, 0.3) is 0 Å². The van der Waals surface area contributed by atoms with Crippen molar-refractivity contribution < 1.29 is 4.79 Å². The molecule has 0 aromatic carbocycles. The van der Waals surface area contributed by atoms with Crippen molar-refractivity contribution in [3.05, 3.63) is 29.1 Å². The minimum absolute atomic E-state index is 0.0560. The first-order valence-electron chi connectivity index (χ1n) is 6.48. The van der Waals surface area contributed by atoms with Gasteiger partial charge in [-0.2, -0.15) is 0 Å². The summed E-state index contributed by atoms with van der Waals surface area (Å²) in [5.74, 6) is 0.0560. The minimum Gasteiger partial charge on any atom is -0.351 e. The van der Waals surface area contributed by atoms with Gasteiger partial charge in [-0.25, -0.2) is 0 Å². The first-order chi connectivity index (χ1) is 8.58. The van der Waals surface area contributed by atoms with E-state index in [1.165, 1.54) is 17.7 Å². The fraction of sp³-hybridized carbons (Fsp3) is 0.571. The van der Waals surface area contributed by atoms with Gasteiger partial charge in [0.2, 0.25) is 5.91 Å². The Bertz CT molecular complexity index is 443. The highest BCUT2D eigenvalue weighted by molar-refractivity contribution is 5.81. The molecule has 98 valence electrons. The Morgan fingerprint density at radius 1 is 1.50 bits per heavy atom. The highest BCUT2D eigenvalue weighted by Gasteiger charge is 2.15. The van der Waals surface area contributed by atoms with Crippen molar-refractivity contribution in [3.63, 3.8) is 0 Å². The van der Waals surface area contributed by atoms with Crippen LogP contribution in [0.3, 0.4) is 0 Å². The molecular formula is C14H21N3O. The van der Waals surface area contributed by atoms with Crippen molar-refractivity contribution in [1.29, 1.82) is 0 Å². The van der Waals surface area contributed by atoms with Gasteiger partial charge in [-0.05, 0) is 51.4 Å². The summed E-state index contributed by atoms with van der Waals surface area (Å²) >= 11 is 0. The number of hydrogen-bond donors (Lipinski definition) is 1. The van der Waals surface area contributed by atoms with E-state index in [2.05, 4.69) is 16.4 Å². The van der Waals surface area contributed by atoms with Gasteiger partial charge in [0.05, 0.1) is 6.04 Å². The molecule has 1 aromatic heterocycles. The summed E-state index contributed by atoms with van der Waals surface area (Å²) in [6.45, 7) is 2.47. The Hall–Kier alpha value is -1.42. The van der Waals surface area contributed by atoms with Crippen molar-refractivity contribution in [2.45, 2.75) is 38.8 Å². The van der Waals surface area contributed by atoms with E-state index < -0.39 is 0 Å². The number of carbonyl (C=O) groups is 1. The molecule has 1 heterocycles. The van der Waals surface area contributed by atoms with Gasteiger partial charge in [0.25, 0.3) is 0 Å². The van der Waals surface area contributed by atoms with Crippen LogP contribution in [-0.2, 0) is 24.2 Å². The molecule has 2 rings (SSSR count). The molecule has 18 heavy (non-hydrogen) atoms. The van der Waals surface area contributed by atoms with Crippen molar-refractivity contribution in [1.82, 2.24) is 15.2 Å². The lowest BCUT2D eigenvalue weighted by Gasteiger charge is -2.18. The zero-order valence-electron chi connectivity index (χ0n) is 11.4. The van der Waals surface area contributed by atoms with Gasteiger partial charge >= 0.3 is 0 Å². The smallest absolute Gasteiger partial charge is 0.237 e. The molecule has 1 atom stereocenters. The molecule has 0 saturated heterocycles. The summed E-state index contributed by atoms with van der Waals surface area (Å²) in [5, 5.41) is 2.95. The quantitative estimate of drug-likeness (QED) is 0.867. The van der Waals surface area contributed by atoms with E-state index in [0.29, 0.717) is 6.54 Å². The van der Waals surface area contributed by atoms with E-state index in [1.54, 1.807) is 0 Å². The topological polar surface area (TPSA) is 45.2 Å². The van der Waals surface area contributed by atoms with Crippen LogP contribution in [0.1, 0.15) is 30.2 Å². The summed E-state index contributed by atoms with van der Waals surface area (Å²) in [6, 6.07) is 2.07. The molecule has 1 aliphatic carbocycles. The SMILES string of the molecule is C[C@H](C(=O)NCc1cnc2c(c1)CCC2)N(C)C. The second-order valence-electron chi connectivity index (χ2n) is 5.16. The molecule has 4 heteroatoms. The van der Waals surface area contributed by atoms with Crippen LogP contribution in [-0.4, -0.2) is 35.9 Å². The lowest BCUT2D eigenvalue weighted by atomic mass is 10.1. The number of fused-ring (bicyclic) bond motifs is 1. The van der Waals surface area contributed by atoms with Gasteiger partial charge < -0.3 is 5.32 Å². The molecule has 0 fully saturated rings. The van der Waals surface area contributed by atoms with Gasteiger partial charge in [0.1, 0.15) is 0 Å². The van der Waals surface area contributed by atoms with E-state index in [-0.39, 0.29) is 11.9 Å². The fourth-order valence-corrected chi connectivity index (χ4v) is 2.14. The van der Waals surface area contributed by atoms with Gasteiger partial charge in [0, 0.05) is 18.4 Å². The number of nitrogens with zero attached hydrogens (tertiary/aromatic N) is 2. The monoisotopic (exact) mass is 247 g/mol. The molecule has 0 bridgehead atoms. The van der Waals surface area contributed by atoms with E-state index in [4.69, 9.17) is 0 Å². The van der Waals surface area contributed by atoms with Gasteiger partial charge in [-0.3, -0.25) is 14.7 Å². The number of carbonyl (C=O) groups excluding carboxylic acids is 1. The number of aryl methyl sites for hydroxylation is 2. The third-order valence-electron chi connectivity index (χ3n) is 3.60. The summed E-state index contributed by atoms with van der Waals surface area (Å²) in [7, 11) is 3.81. The molecular weight excluding hydrogens is 226 g/mol. The van der Waals surface area contributed by atoms with Crippen LogP contribution >= 0.6 is 0 Å². The molecule has 1 aromatic rings. The number of likely N-dealkylation sites (N-methyl/N-ethyl adjacent to an activating group) is 1. The maximum absolute atomic E-state index is 11.8. The minimum atomic E-state index is -0.104. The van der Waals surface area contributed by atoms with Crippen LogP contribution in [0.15, 0.2) is 12.3 Å². The number of nitrogens with one attached hydrogen (secondary N) is 1. The molecule has 1 N–H and O–H groups in total. The molecule has 0 unspecified atom stereocenters. The first kappa shape index (κ1) is 13.0. The molecule has 0 aliphatic heterocycles. The Labute approximate surface area is 108 Å². The van der Waals surface area contributed by atoms with E-state index in [1.807, 2.05) is 32.1 Å². The molecule has 0 radical (unpaired) electrons. The lowest BCUT2D eigenvalue weighted by molar-refractivity contribution is -0.125. The van der Waals surface area contributed by atoms with Crippen LogP contribution in [0, 0.1) is 0 Å². The first-order valence-corrected chi connectivity index (χ1v) is 6.48. The van der Waals surface area contributed by atoms with Crippen molar-refractivity contribution >= 4 is 5.91 Å². The van der Waals surface area contributed by atoms with E-state index in [0.717, 1.165) is 18.4 Å². The third kappa shape index (κ3) is 2.88. The fourth-order valence-electron chi connectivity index (χ4n) is 2.14. The second-order valence-corrected chi connectivity index (χ2v) is 5.16. The van der Waals surface area contributed by atoms with Crippen LogP contribution in [0.5, 0.6) is 0 Å². The molecule has 1 aliphatic rings. The number of rotatable bonds is 4. The third-order valence-corrected chi connectivity index (χ3v) is 3.60. The maximum Gasteiger partial charge on any atom is 0.237 e. The predicted molar refractivity (Wildman–Crippen MR) is 71.3 cm³/mol.